The second kappa shape index (κ2) is 8.54. The zero-order valence-corrected chi connectivity index (χ0v) is 18.9. The van der Waals surface area contributed by atoms with Gasteiger partial charge < -0.3 is 16.0 Å². The summed E-state index contributed by atoms with van der Waals surface area (Å²) in [5, 5.41) is 8.66. The molecule has 0 bridgehead atoms. The monoisotopic (exact) mass is 441 g/mol. The predicted octanol–water partition coefficient (Wildman–Crippen LogP) is 4.16. The molecule has 0 atom stereocenters. The van der Waals surface area contributed by atoms with Crippen molar-refractivity contribution in [3.63, 3.8) is 0 Å². The van der Waals surface area contributed by atoms with Crippen LogP contribution in [0.2, 0.25) is 0 Å². The third kappa shape index (κ3) is 4.24. The van der Waals surface area contributed by atoms with E-state index in [4.69, 9.17) is 5.73 Å². The molecule has 1 aromatic carbocycles. The van der Waals surface area contributed by atoms with E-state index in [1.807, 2.05) is 38.4 Å². The molecule has 0 spiro atoms. The minimum Gasteiger partial charge on any atom is -0.384 e. The summed E-state index contributed by atoms with van der Waals surface area (Å²) in [7, 11) is 1.91. The Morgan fingerprint density at radius 1 is 1.09 bits per heavy atom. The highest BCUT2D eigenvalue weighted by Crippen LogP contribution is 2.33. The quantitative estimate of drug-likeness (QED) is 0.493. The van der Waals surface area contributed by atoms with Crippen molar-refractivity contribution in [2.45, 2.75) is 26.2 Å². The van der Waals surface area contributed by atoms with E-state index in [0.717, 1.165) is 59.3 Å². The van der Waals surface area contributed by atoms with Gasteiger partial charge in [-0.2, -0.15) is 5.10 Å². The van der Waals surface area contributed by atoms with Crippen LogP contribution in [0.25, 0.3) is 22.2 Å². The van der Waals surface area contributed by atoms with Gasteiger partial charge in [0, 0.05) is 43.5 Å². The second-order valence-corrected chi connectivity index (χ2v) is 8.57. The molecule has 0 unspecified atom stereocenters. The van der Waals surface area contributed by atoms with Gasteiger partial charge in [0.2, 0.25) is 0 Å². The summed E-state index contributed by atoms with van der Waals surface area (Å²) < 4.78 is 1.80. The summed E-state index contributed by atoms with van der Waals surface area (Å²) in [4.78, 5) is 24.4. The van der Waals surface area contributed by atoms with Gasteiger partial charge >= 0.3 is 0 Å². The Labute approximate surface area is 192 Å². The molecule has 1 fully saturated rings. The maximum atomic E-state index is 13.3. The Morgan fingerprint density at radius 3 is 2.67 bits per heavy atom. The topological polar surface area (TPSA) is 102 Å². The van der Waals surface area contributed by atoms with Crippen LogP contribution in [0.15, 0.2) is 48.8 Å². The minimum atomic E-state index is -0.249. The number of nitrogen functional groups attached to an aromatic ring is 1. The number of nitrogens with zero attached hydrogens (tertiary/aromatic N) is 5. The van der Waals surface area contributed by atoms with E-state index in [1.165, 1.54) is 6.42 Å². The summed E-state index contributed by atoms with van der Waals surface area (Å²) in [6, 6.07) is 11.3. The lowest BCUT2D eigenvalue weighted by molar-refractivity contribution is 0.102. The maximum Gasteiger partial charge on any atom is 0.274 e. The van der Waals surface area contributed by atoms with Crippen molar-refractivity contribution in [1.82, 2.24) is 19.7 Å². The first-order valence-electron chi connectivity index (χ1n) is 11.2. The molecular formula is C25H27N7O. The fourth-order valence-corrected chi connectivity index (χ4v) is 4.36. The van der Waals surface area contributed by atoms with E-state index in [2.05, 4.69) is 31.3 Å². The highest BCUT2D eigenvalue weighted by molar-refractivity contribution is 6.06. The average molecular weight is 442 g/mol. The number of carbonyl (C=O) groups is 1. The van der Waals surface area contributed by atoms with Crippen LogP contribution >= 0.6 is 0 Å². The van der Waals surface area contributed by atoms with E-state index >= 15 is 0 Å². The van der Waals surface area contributed by atoms with Gasteiger partial charge in [-0.25, -0.2) is 9.97 Å². The van der Waals surface area contributed by atoms with Gasteiger partial charge in [0.1, 0.15) is 11.5 Å². The second-order valence-electron chi connectivity index (χ2n) is 8.57. The minimum absolute atomic E-state index is 0.249. The van der Waals surface area contributed by atoms with Gasteiger partial charge in [-0.3, -0.25) is 9.48 Å². The van der Waals surface area contributed by atoms with Gasteiger partial charge in [0.05, 0.1) is 22.6 Å². The van der Waals surface area contributed by atoms with Gasteiger partial charge in [-0.05, 0) is 62.1 Å². The number of benzene rings is 1. The molecule has 4 heterocycles. The lowest BCUT2D eigenvalue weighted by atomic mass is 10.1. The van der Waals surface area contributed by atoms with Gasteiger partial charge in [-0.15, -0.1) is 0 Å². The van der Waals surface area contributed by atoms with E-state index in [-0.39, 0.29) is 5.91 Å². The standard InChI is InChI=1S/C25H27N7O/c1-16-6-8-19(28-24(16)17-7-9-23(26)27-14-17)25(33)29-21-12-18-15-31(2)30-20(18)13-22(21)32-10-4-3-5-11-32/h6-9,12-15H,3-5,10-11H2,1-2H3,(H2,26,27)(H,29,33). The van der Waals surface area contributed by atoms with Crippen molar-refractivity contribution in [3.05, 3.63) is 60.0 Å². The number of nitrogens with two attached hydrogens (primary N) is 1. The SMILES string of the molecule is Cc1ccc(C(=O)Nc2cc3cn(C)nc3cc2N2CCCCC2)nc1-c1ccc(N)nc1. The van der Waals surface area contributed by atoms with Crippen LogP contribution in [-0.4, -0.2) is 38.7 Å². The summed E-state index contributed by atoms with van der Waals surface area (Å²) in [5.74, 6) is 0.197. The van der Waals surface area contributed by atoms with Crippen LogP contribution in [0.4, 0.5) is 17.2 Å². The number of pyridine rings is 2. The molecule has 3 aromatic heterocycles. The fourth-order valence-electron chi connectivity index (χ4n) is 4.36. The lowest BCUT2D eigenvalue weighted by Crippen LogP contribution is -2.30. The van der Waals surface area contributed by atoms with Crippen LogP contribution in [0.1, 0.15) is 35.3 Å². The van der Waals surface area contributed by atoms with Crippen molar-refractivity contribution in [1.29, 1.82) is 0 Å². The number of nitrogens with one attached hydrogen (secondary N) is 1. The zero-order valence-electron chi connectivity index (χ0n) is 18.9. The maximum absolute atomic E-state index is 13.3. The summed E-state index contributed by atoms with van der Waals surface area (Å²) in [6.45, 7) is 3.90. The first-order chi connectivity index (χ1) is 16.0. The van der Waals surface area contributed by atoms with Crippen molar-refractivity contribution in [2.75, 3.05) is 29.0 Å². The molecule has 5 rings (SSSR count). The van der Waals surface area contributed by atoms with Gasteiger partial charge in [0.15, 0.2) is 0 Å². The average Bonchev–Trinajstić information content (AvgIpc) is 3.19. The van der Waals surface area contributed by atoms with Crippen molar-refractivity contribution in [2.24, 2.45) is 7.05 Å². The zero-order chi connectivity index (χ0) is 22.9. The summed E-state index contributed by atoms with van der Waals surface area (Å²) in [6.07, 6.45) is 7.16. The number of aryl methyl sites for hydroxylation is 2. The number of carbonyl (C=O) groups excluding carboxylic acids is 1. The van der Waals surface area contributed by atoms with Gasteiger partial charge in [-0.1, -0.05) is 6.07 Å². The fraction of sp³-hybridized carbons (Fsp3) is 0.280. The molecule has 0 radical (unpaired) electrons. The third-order valence-electron chi connectivity index (χ3n) is 6.07. The number of fused-ring (bicyclic) bond motifs is 1. The van der Waals surface area contributed by atoms with E-state index in [0.29, 0.717) is 17.2 Å². The van der Waals surface area contributed by atoms with Crippen LogP contribution in [-0.2, 0) is 7.05 Å². The molecule has 33 heavy (non-hydrogen) atoms. The Morgan fingerprint density at radius 2 is 1.91 bits per heavy atom. The van der Waals surface area contributed by atoms with Crippen molar-refractivity contribution < 1.29 is 4.79 Å². The smallest absolute Gasteiger partial charge is 0.274 e. The van der Waals surface area contributed by atoms with Crippen LogP contribution in [0.5, 0.6) is 0 Å². The highest BCUT2D eigenvalue weighted by atomic mass is 16.1. The molecule has 1 amide bonds. The van der Waals surface area contributed by atoms with E-state index in [1.54, 1.807) is 23.0 Å². The Kier molecular flexibility index (Phi) is 5.42. The van der Waals surface area contributed by atoms with E-state index in [9.17, 15) is 4.79 Å². The van der Waals surface area contributed by atoms with Crippen molar-refractivity contribution in [3.8, 4) is 11.3 Å². The lowest BCUT2D eigenvalue weighted by Gasteiger charge is -2.30. The molecule has 0 aliphatic carbocycles. The first-order valence-corrected chi connectivity index (χ1v) is 11.2. The molecule has 168 valence electrons. The number of amides is 1. The largest absolute Gasteiger partial charge is 0.384 e. The third-order valence-corrected chi connectivity index (χ3v) is 6.07. The van der Waals surface area contributed by atoms with Crippen molar-refractivity contribution >= 4 is 34.0 Å². The van der Waals surface area contributed by atoms with Gasteiger partial charge in [0.25, 0.3) is 5.91 Å². The summed E-state index contributed by atoms with van der Waals surface area (Å²) in [5.41, 5.74) is 11.3. The Hall–Kier alpha value is -3.94. The molecule has 1 aliphatic rings. The van der Waals surface area contributed by atoms with E-state index < -0.39 is 0 Å². The number of rotatable bonds is 4. The van der Waals surface area contributed by atoms with Crippen LogP contribution in [0.3, 0.4) is 0 Å². The van der Waals surface area contributed by atoms with Crippen LogP contribution < -0.4 is 16.0 Å². The molecule has 8 nitrogen and oxygen atoms in total. The molecule has 1 aliphatic heterocycles. The molecular weight excluding hydrogens is 414 g/mol. The number of hydrogen-bond acceptors (Lipinski definition) is 6. The Bertz CT molecular complexity index is 1320. The number of anilines is 3. The summed E-state index contributed by atoms with van der Waals surface area (Å²) >= 11 is 0. The molecule has 3 N–H and O–H groups in total. The number of aromatic nitrogens is 4. The number of piperidine rings is 1. The molecule has 4 aromatic rings. The normalized spacial score (nSPS) is 13.9. The highest BCUT2D eigenvalue weighted by Gasteiger charge is 2.19. The molecule has 8 heteroatoms. The molecule has 1 saturated heterocycles. The predicted molar refractivity (Wildman–Crippen MR) is 131 cm³/mol. The first kappa shape index (κ1) is 20.9. The molecule has 0 saturated carbocycles. The van der Waals surface area contributed by atoms with Crippen LogP contribution in [0, 0.1) is 6.92 Å². The Balaban J connectivity index is 1.50. The number of hydrogen-bond donors (Lipinski definition) is 2.